The minimum Gasteiger partial charge on any atom is -0.368 e. The van der Waals surface area contributed by atoms with Gasteiger partial charge in [-0.1, -0.05) is 18.9 Å². The van der Waals surface area contributed by atoms with Crippen LogP contribution in [0.4, 0.5) is 23.1 Å². The van der Waals surface area contributed by atoms with Gasteiger partial charge in [0.15, 0.2) is 0 Å². The Morgan fingerprint density at radius 1 is 0.875 bits per heavy atom. The molecule has 2 N–H and O–H groups in total. The molecule has 16 nitrogen and oxygen atoms in total. The summed E-state index contributed by atoms with van der Waals surface area (Å²) < 4.78 is 5.31. The monoisotopic (exact) mass is 760 g/mol. The molecule has 5 aromatic rings. The van der Waals surface area contributed by atoms with Crippen molar-refractivity contribution in [1.82, 2.24) is 43.8 Å². The van der Waals surface area contributed by atoms with E-state index < -0.39 is 11.9 Å². The van der Waals surface area contributed by atoms with Crippen LogP contribution in [0.3, 0.4) is 0 Å². The Kier molecular flexibility index (Phi) is 9.22. The number of pyridine rings is 1. The highest BCUT2D eigenvalue weighted by Crippen LogP contribution is 2.36. The molecule has 3 aliphatic heterocycles. The van der Waals surface area contributed by atoms with Crippen LogP contribution in [-0.2, 0) is 16.6 Å². The normalized spacial score (nSPS) is 21.1. The number of fused-ring (bicyclic) bond motifs is 2. The van der Waals surface area contributed by atoms with E-state index in [-0.39, 0.29) is 30.0 Å². The summed E-state index contributed by atoms with van der Waals surface area (Å²) >= 11 is 0. The molecule has 292 valence electrons. The lowest BCUT2D eigenvalue weighted by atomic mass is 10.1. The lowest BCUT2D eigenvalue weighted by molar-refractivity contribution is -0.135. The van der Waals surface area contributed by atoms with Gasteiger partial charge in [-0.3, -0.25) is 33.7 Å². The average Bonchev–Trinajstić information content (AvgIpc) is 4.02. The number of hydrogen-bond donors (Lipinski definition) is 2. The molecule has 0 spiro atoms. The van der Waals surface area contributed by atoms with Crippen LogP contribution in [0, 0.1) is 0 Å². The summed E-state index contributed by atoms with van der Waals surface area (Å²) in [4.78, 5) is 74.2. The first-order chi connectivity index (χ1) is 27.1. The third kappa shape index (κ3) is 6.34. The zero-order chi connectivity index (χ0) is 38.7. The smallest absolute Gasteiger partial charge is 0.329 e. The number of hydrogen-bond acceptors (Lipinski definition) is 11. The third-order valence-corrected chi connectivity index (χ3v) is 12.2. The molecule has 1 aromatic carbocycles. The zero-order valence-electron chi connectivity index (χ0n) is 32.1. The minimum atomic E-state index is -0.705. The van der Waals surface area contributed by atoms with E-state index in [0.717, 1.165) is 99.3 Å². The van der Waals surface area contributed by atoms with Gasteiger partial charge < -0.3 is 24.6 Å². The van der Waals surface area contributed by atoms with Crippen LogP contribution in [-0.4, -0.2) is 116 Å². The van der Waals surface area contributed by atoms with Crippen molar-refractivity contribution in [3.05, 3.63) is 65.0 Å². The number of piperidine rings is 1. The molecule has 1 saturated carbocycles. The predicted octanol–water partition coefficient (Wildman–Crippen LogP) is 3.42. The van der Waals surface area contributed by atoms with Gasteiger partial charge in [-0.15, -0.1) is 0 Å². The van der Waals surface area contributed by atoms with E-state index in [1.165, 1.54) is 0 Å². The fraction of sp³-hybridized carbons (Fsp3) is 0.475. The number of imide groups is 1. The van der Waals surface area contributed by atoms with Crippen LogP contribution in [0.2, 0.25) is 0 Å². The molecule has 7 heterocycles. The Labute approximate surface area is 324 Å². The first-order valence-electron chi connectivity index (χ1n) is 19.7. The van der Waals surface area contributed by atoms with E-state index in [9.17, 15) is 19.2 Å². The fourth-order valence-electron chi connectivity index (χ4n) is 9.26. The molecule has 0 bridgehead atoms. The summed E-state index contributed by atoms with van der Waals surface area (Å²) in [6.07, 6.45) is 9.59. The number of piperazine rings is 1. The van der Waals surface area contributed by atoms with E-state index in [0.29, 0.717) is 35.4 Å². The van der Waals surface area contributed by atoms with Crippen LogP contribution in [0.15, 0.2) is 53.6 Å². The van der Waals surface area contributed by atoms with Crippen LogP contribution >= 0.6 is 0 Å². The van der Waals surface area contributed by atoms with Crippen molar-refractivity contribution >= 4 is 62.9 Å². The number of aryl methyl sites for hydroxylation is 1. The Balaban J connectivity index is 0.841. The van der Waals surface area contributed by atoms with Gasteiger partial charge in [-0.05, 0) is 56.0 Å². The maximum atomic E-state index is 13.5. The van der Waals surface area contributed by atoms with Crippen LogP contribution in [0.25, 0.3) is 22.1 Å². The van der Waals surface area contributed by atoms with Crippen LogP contribution in [0.5, 0.6) is 0 Å². The lowest BCUT2D eigenvalue weighted by Crippen LogP contribution is -2.51. The number of imidazole rings is 1. The van der Waals surface area contributed by atoms with Crippen molar-refractivity contribution < 1.29 is 14.4 Å². The number of amides is 3. The number of nitrogens with one attached hydrogen (secondary N) is 2. The topological polar surface area (TPSA) is 159 Å². The van der Waals surface area contributed by atoms with E-state index in [1.54, 1.807) is 41.4 Å². The lowest BCUT2D eigenvalue weighted by Gasteiger charge is -2.39. The van der Waals surface area contributed by atoms with Gasteiger partial charge in [-0.2, -0.15) is 4.98 Å². The summed E-state index contributed by atoms with van der Waals surface area (Å²) in [6, 6.07) is 11.8. The SMILES string of the molecule is CN(C)C(=O)c1cc2cnc(Nc3ccc(N4CCN([C@H]5CCN(c6cccc7c6n(C)c(=O)n7[C@H]6CCC(=O)NC6=O)C5)CC4)cn3)nc2n1C1CCCC1. The summed E-state index contributed by atoms with van der Waals surface area (Å²) in [5, 5.41) is 6.53. The van der Waals surface area contributed by atoms with Crippen molar-refractivity contribution in [3.63, 3.8) is 0 Å². The highest BCUT2D eigenvalue weighted by Gasteiger charge is 2.35. The van der Waals surface area contributed by atoms with Gasteiger partial charge in [0, 0.05) is 90.5 Å². The van der Waals surface area contributed by atoms with Gasteiger partial charge in [0.1, 0.15) is 23.2 Å². The molecule has 4 aliphatic rings. The number of carbonyl (C=O) groups is 3. The van der Waals surface area contributed by atoms with Gasteiger partial charge in [0.05, 0.1) is 28.6 Å². The molecule has 9 rings (SSSR count). The van der Waals surface area contributed by atoms with Gasteiger partial charge in [0.2, 0.25) is 17.8 Å². The second-order valence-corrected chi connectivity index (χ2v) is 15.8. The molecule has 4 aromatic heterocycles. The standard InChI is InChI=1S/C40H48N12O4/c1-46(2)38(55)32-21-25-22-42-39(45-36(25)51(32)26-7-4-5-8-26)43-33-13-11-27(23-41-33)48-17-19-49(20-18-48)28-15-16-50(24-28)29-9-6-10-30-35(29)47(3)40(56)52(30)31-12-14-34(53)44-37(31)54/h6,9-11,13,21-23,26,28,31H,4-5,7-8,12,14-20,24H2,1-3H3,(H,44,53,54)(H,41,42,43,45)/t28-,31-/m0/s1. The van der Waals surface area contributed by atoms with Crippen LogP contribution in [0.1, 0.15) is 67.5 Å². The van der Waals surface area contributed by atoms with E-state index in [1.807, 2.05) is 30.5 Å². The molecule has 1 aliphatic carbocycles. The summed E-state index contributed by atoms with van der Waals surface area (Å²) in [6.45, 7) is 5.36. The zero-order valence-corrected chi connectivity index (χ0v) is 32.1. The fourth-order valence-corrected chi connectivity index (χ4v) is 9.26. The molecule has 16 heteroatoms. The van der Waals surface area contributed by atoms with E-state index in [2.05, 4.69) is 47.0 Å². The first kappa shape index (κ1) is 35.9. The van der Waals surface area contributed by atoms with Crippen molar-refractivity contribution in [2.24, 2.45) is 7.05 Å². The Hall–Kier alpha value is -5.77. The molecule has 56 heavy (non-hydrogen) atoms. The summed E-state index contributed by atoms with van der Waals surface area (Å²) in [5.41, 5.74) is 4.76. The van der Waals surface area contributed by atoms with Gasteiger partial charge in [-0.25, -0.2) is 14.8 Å². The van der Waals surface area contributed by atoms with Gasteiger partial charge >= 0.3 is 5.69 Å². The Morgan fingerprint density at radius 3 is 2.41 bits per heavy atom. The summed E-state index contributed by atoms with van der Waals surface area (Å²) in [5.74, 6) is 0.349. The first-order valence-corrected chi connectivity index (χ1v) is 19.7. The molecule has 4 fully saturated rings. The van der Waals surface area contributed by atoms with E-state index >= 15 is 0 Å². The number of carbonyl (C=O) groups excluding carboxylic acids is 3. The second kappa shape index (κ2) is 14.4. The molecular weight excluding hydrogens is 713 g/mol. The van der Waals surface area contributed by atoms with Crippen molar-refractivity contribution in [2.45, 2.75) is 63.1 Å². The average molecular weight is 761 g/mol. The number of rotatable bonds is 8. The second-order valence-electron chi connectivity index (χ2n) is 15.8. The molecule has 3 amide bonds. The highest BCUT2D eigenvalue weighted by atomic mass is 16.2. The Bertz CT molecular complexity index is 2380. The van der Waals surface area contributed by atoms with Crippen molar-refractivity contribution in [2.75, 3.05) is 68.5 Å². The van der Waals surface area contributed by atoms with Crippen molar-refractivity contribution in [1.29, 1.82) is 0 Å². The van der Waals surface area contributed by atoms with Crippen molar-refractivity contribution in [3.8, 4) is 0 Å². The maximum absolute atomic E-state index is 13.5. The van der Waals surface area contributed by atoms with Gasteiger partial charge in [0.25, 0.3) is 5.91 Å². The number of anilines is 4. The summed E-state index contributed by atoms with van der Waals surface area (Å²) in [7, 11) is 5.31. The third-order valence-electron chi connectivity index (χ3n) is 12.2. The number of benzene rings is 1. The molecule has 0 radical (unpaired) electrons. The minimum absolute atomic E-state index is 0.0313. The maximum Gasteiger partial charge on any atom is 0.329 e. The van der Waals surface area contributed by atoms with Crippen LogP contribution < -0.4 is 26.1 Å². The molecule has 0 unspecified atom stereocenters. The largest absolute Gasteiger partial charge is 0.368 e. The Morgan fingerprint density at radius 2 is 1.68 bits per heavy atom. The molecule has 3 saturated heterocycles. The molecule has 2 atom stereocenters. The molecular formula is C40H48N12O4. The number of para-hydroxylation sites is 1. The predicted molar refractivity (Wildman–Crippen MR) is 214 cm³/mol. The number of aromatic nitrogens is 6. The highest BCUT2D eigenvalue weighted by molar-refractivity contribution is 6.01. The quantitative estimate of drug-likeness (QED) is 0.223. The number of nitrogens with zero attached hydrogens (tertiary/aromatic N) is 10. The van der Waals surface area contributed by atoms with E-state index in [4.69, 9.17) is 9.97 Å².